The van der Waals surface area contributed by atoms with Crippen molar-refractivity contribution in [3.05, 3.63) is 6.92 Å². The Bertz CT molecular complexity index is 23.7. The number of rotatable bonds is 2. The molecule has 0 aromatic rings. The van der Waals surface area contributed by atoms with Crippen molar-refractivity contribution in [1.82, 2.24) is 0 Å². The Hall–Kier alpha value is 0.474. The van der Waals surface area contributed by atoms with Gasteiger partial charge >= 0.3 is 23.7 Å². The summed E-state index contributed by atoms with van der Waals surface area (Å²) in [6.07, 6.45) is 0. The van der Waals surface area contributed by atoms with Crippen molar-refractivity contribution in [3.8, 4) is 0 Å². The molecule has 0 atom stereocenters. The summed E-state index contributed by atoms with van der Waals surface area (Å²) in [7, 11) is 0. The van der Waals surface area contributed by atoms with Gasteiger partial charge in [0.2, 0.25) is 0 Å². The second-order valence-electron chi connectivity index (χ2n) is 0.697. The first-order valence-corrected chi connectivity index (χ1v) is 2.63. The Labute approximate surface area is 56.0 Å². The van der Waals surface area contributed by atoms with E-state index in [1.54, 1.807) is 0 Å². The molecule has 0 N–H and O–H groups in total. The molecule has 0 amide bonds. The minimum absolute atomic E-state index is 0.594. The van der Waals surface area contributed by atoms with Gasteiger partial charge in [-0.3, -0.25) is 0 Å². The van der Waals surface area contributed by atoms with Gasteiger partial charge < -0.3 is 11.7 Å². The zero-order valence-corrected chi connectivity index (χ0v) is 6.00. The summed E-state index contributed by atoms with van der Waals surface area (Å²) in [5, 5.41) is 0. The van der Waals surface area contributed by atoms with Crippen LogP contribution in [0.1, 0.15) is 6.92 Å². The Morgan fingerprint density at radius 3 is 2.14 bits per heavy atom. The van der Waals surface area contributed by atoms with Gasteiger partial charge in [-0.05, 0) is 6.92 Å². The van der Waals surface area contributed by atoms with Crippen LogP contribution in [0.2, 0.25) is 0 Å². The Balaban J connectivity index is 0. The van der Waals surface area contributed by atoms with E-state index in [-0.39, 0.29) is 0 Å². The van der Waals surface area contributed by atoms with Gasteiger partial charge in [-0.25, -0.2) is 0 Å². The molecular formula is C4H9O2Ti. The fraction of sp³-hybridized carbons (Fsp3) is 0.750. The third-order valence-corrected chi connectivity index (χ3v) is 0.348. The summed E-state index contributed by atoms with van der Waals surface area (Å²) in [6.45, 7) is 6.78. The van der Waals surface area contributed by atoms with Crippen LogP contribution in [0.25, 0.3) is 0 Å². The molecule has 0 aliphatic rings. The van der Waals surface area contributed by atoms with Crippen molar-refractivity contribution in [2.45, 2.75) is 6.92 Å². The molecule has 0 rings (SSSR count). The topological polar surface area (TPSA) is 26.3 Å². The SMILES string of the molecule is [CH2-]COCC.[O]=[Ti+]. The van der Waals surface area contributed by atoms with Crippen LogP contribution in [0.15, 0.2) is 0 Å². The Morgan fingerprint density at radius 1 is 1.71 bits per heavy atom. The molecule has 7 heavy (non-hydrogen) atoms. The summed E-state index contributed by atoms with van der Waals surface area (Å²) >= 11 is 0.750. The van der Waals surface area contributed by atoms with Gasteiger partial charge in [0.25, 0.3) is 0 Å². The van der Waals surface area contributed by atoms with Crippen molar-refractivity contribution in [2.75, 3.05) is 13.2 Å². The molecule has 0 aromatic carbocycles. The Morgan fingerprint density at radius 2 is 2.14 bits per heavy atom. The maximum atomic E-state index is 8.25. The van der Waals surface area contributed by atoms with Crippen LogP contribution in [0, 0.1) is 6.92 Å². The molecule has 0 saturated heterocycles. The van der Waals surface area contributed by atoms with E-state index in [0.29, 0.717) is 6.61 Å². The zero-order valence-electron chi connectivity index (χ0n) is 4.44. The standard InChI is InChI=1S/C4H9O.O.Ti/c1-3-5-4-2;;/h1,3-4H2,2H3;;/q-1;;+1. The van der Waals surface area contributed by atoms with E-state index in [4.69, 9.17) is 8.06 Å². The van der Waals surface area contributed by atoms with E-state index < -0.39 is 0 Å². The predicted molar refractivity (Wildman–Crippen MR) is 22.5 cm³/mol. The van der Waals surface area contributed by atoms with Gasteiger partial charge in [-0.1, -0.05) is 6.61 Å². The van der Waals surface area contributed by atoms with Crippen LogP contribution in [0.5, 0.6) is 0 Å². The molecule has 0 aliphatic carbocycles. The number of hydrogen-bond donors (Lipinski definition) is 0. The first kappa shape index (κ1) is 10.5. The average molecular weight is 137 g/mol. The maximum absolute atomic E-state index is 8.25. The second-order valence-corrected chi connectivity index (χ2v) is 0.697. The molecular weight excluding hydrogens is 128 g/mol. The molecule has 0 bridgehead atoms. The van der Waals surface area contributed by atoms with Crippen LogP contribution >= 0.6 is 0 Å². The second kappa shape index (κ2) is 16.1. The molecule has 0 unspecified atom stereocenters. The first-order chi connectivity index (χ1) is 3.41. The fourth-order valence-corrected chi connectivity index (χ4v) is 0.144. The zero-order chi connectivity index (χ0) is 6.12. The molecule has 0 aliphatic heterocycles. The van der Waals surface area contributed by atoms with Crippen LogP contribution in [-0.4, -0.2) is 13.2 Å². The summed E-state index contributed by atoms with van der Waals surface area (Å²) < 4.78 is 13.0. The molecule has 0 aromatic heterocycles. The summed E-state index contributed by atoms with van der Waals surface area (Å²) in [6, 6.07) is 0. The van der Waals surface area contributed by atoms with Crippen LogP contribution in [0.3, 0.4) is 0 Å². The number of hydrogen-bond acceptors (Lipinski definition) is 2. The van der Waals surface area contributed by atoms with E-state index >= 15 is 0 Å². The summed E-state index contributed by atoms with van der Waals surface area (Å²) in [5.41, 5.74) is 0. The van der Waals surface area contributed by atoms with Crippen LogP contribution in [0.4, 0.5) is 0 Å². The minimum atomic E-state index is 0.594. The van der Waals surface area contributed by atoms with Gasteiger partial charge in [-0.2, -0.15) is 0 Å². The van der Waals surface area contributed by atoms with Gasteiger partial charge in [-0.15, -0.1) is 0 Å². The van der Waals surface area contributed by atoms with Crippen molar-refractivity contribution >= 4 is 0 Å². The van der Waals surface area contributed by atoms with E-state index in [1.807, 2.05) is 6.92 Å². The third kappa shape index (κ3) is 21.2. The molecule has 0 saturated carbocycles. The monoisotopic (exact) mass is 137 g/mol. The van der Waals surface area contributed by atoms with Gasteiger partial charge in [0, 0.05) is 6.61 Å². The van der Waals surface area contributed by atoms with E-state index in [0.717, 1.165) is 27.0 Å². The molecule has 2 nitrogen and oxygen atoms in total. The Kier molecular flexibility index (Phi) is 24.0. The summed E-state index contributed by atoms with van der Waals surface area (Å²) in [4.78, 5) is 0. The van der Waals surface area contributed by atoms with Crippen molar-refractivity contribution in [3.63, 3.8) is 0 Å². The van der Waals surface area contributed by atoms with E-state index in [1.165, 1.54) is 0 Å². The van der Waals surface area contributed by atoms with Gasteiger partial charge in [0.15, 0.2) is 0 Å². The van der Waals surface area contributed by atoms with Crippen molar-refractivity contribution < 1.29 is 28.5 Å². The normalized spacial score (nSPS) is 6.86. The third-order valence-electron chi connectivity index (χ3n) is 0.348. The molecule has 0 radical (unpaired) electrons. The molecule has 41 valence electrons. The van der Waals surface area contributed by atoms with Crippen LogP contribution in [-0.2, 0) is 28.5 Å². The van der Waals surface area contributed by atoms with Gasteiger partial charge in [0.05, 0.1) is 0 Å². The molecule has 3 heteroatoms. The fourth-order valence-electron chi connectivity index (χ4n) is 0.144. The predicted octanol–water partition coefficient (Wildman–Crippen LogP) is 0.736. The van der Waals surface area contributed by atoms with Gasteiger partial charge in [0.1, 0.15) is 0 Å². The quantitative estimate of drug-likeness (QED) is 0.414. The first-order valence-electron chi connectivity index (χ1n) is 1.99. The average Bonchev–Trinajstić information content (AvgIpc) is 1.75. The van der Waals surface area contributed by atoms with Crippen molar-refractivity contribution in [2.24, 2.45) is 0 Å². The summed E-state index contributed by atoms with van der Waals surface area (Å²) in [5.74, 6) is 0. The number of ether oxygens (including phenoxy) is 1. The van der Waals surface area contributed by atoms with Crippen LogP contribution < -0.4 is 0 Å². The molecule has 0 spiro atoms. The van der Waals surface area contributed by atoms with E-state index in [2.05, 4.69) is 6.92 Å². The molecule has 0 fully saturated rings. The van der Waals surface area contributed by atoms with Crippen molar-refractivity contribution in [1.29, 1.82) is 0 Å². The molecule has 0 heterocycles. The van der Waals surface area contributed by atoms with E-state index in [9.17, 15) is 0 Å².